The number of hydrogen-bond donors (Lipinski definition) is 1. The van der Waals surface area contributed by atoms with E-state index in [1.54, 1.807) is 6.92 Å². The average Bonchev–Trinajstić information content (AvgIpc) is 2.74. The number of benzene rings is 1. The second-order valence-electron chi connectivity index (χ2n) is 3.98. The number of aromatic nitrogens is 2. The zero-order valence-electron chi connectivity index (χ0n) is 10.2. The number of aryl methyl sites for hydroxylation is 2. The van der Waals surface area contributed by atoms with Gasteiger partial charge in [0.15, 0.2) is 0 Å². The van der Waals surface area contributed by atoms with Gasteiger partial charge in [-0.15, -0.1) is 10.2 Å². The normalized spacial score (nSPS) is 10.5. The van der Waals surface area contributed by atoms with Crippen LogP contribution in [0.15, 0.2) is 28.7 Å². The Hall–Kier alpha value is -1.84. The third-order valence-corrected chi connectivity index (χ3v) is 2.53. The highest BCUT2D eigenvalue weighted by Gasteiger charge is 2.04. The molecule has 0 radical (unpaired) electrons. The Morgan fingerprint density at radius 2 is 2.06 bits per heavy atom. The van der Waals surface area contributed by atoms with Gasteiger partial charge in [-0.1, -0.05) is 31.5 Å². The average molecular weight is 231 g/mol. The number of rotatable bonds is 5. The number of anilines is 1. The summed E-state index contributed by atoms with van der Waals surface area (Å²) in [5.41, 5.74) is 2.47. The summed E-state index contributed by atoms with van der Waals surface area (Å²) in [5, 5.41) is 11.1. The summed E-state index contributed by atoms with van der Waals surface area (Å²) in [6.07, 6.45) is 2.21. The Kier molecular flexibility index (Phi) is 3.75. The van der Waals surface area contributed by atoms with E-state index in [4.69, 9.17) is 4.42 Å². The van der Waals surface area contributed by atoms with Gasteiger partial charge in [0.05, 0.1) is 6.54 Å². The second-order valence-corrected chi connectivity index (χ2v) is 3.98. The molecule has 0 unspecified atom stereocenters. The monoisotopic (exact) mass is 231 g/mol. The summed E-state index contributed by atoms with van der Waals surface area (Å²) in [6, 6.07) is 8.31. The van der Waals surface area contributed by atoms with Crippen LogP contribution in [0.1, 0.15) is 30.7 Å². The quantitative estimate of drug-likeness (QED) is 0.859. The first-order valence-electron chi connectivity index (χ1n) is 5.90. The smallest absolute Gasteiger partial charge is 0.235 e. The minimum Gasteiger partial charge on any atom is -0.424 e. The van der Waals surface area contributed by atoms with Crippen LogP contribution >= 0.6 is 0 Å². The molecule has 0 spiro atoms. The van der Waals surface area contributed by atoms with Crippen LogP contribution in [-0.2, 0) is 13.0 Å². The van der Waals surface area contributed by atoms with Gasteiger partial charge in [-0.2, -0.15) is 0 Å². The maximum atomic E-state index is 5.32. The number of nitrogens with one attached hydrogen (secondary N) is 1. The van der Waals surface area contributed by atoms with Crippen molar-refractivity contribution >= 4 is 5.69 Å². The van der Waals surface area contributed by atoms with E-state index < -0.39 is 0 Å². The van der Waals surface area contributed by atoms with Gasteiger partial charge in [-0.05, 0) is 18.1 Å². The number of hydrogen-bond acceptors (Lipinski definition) is 4. The summed E-state index contributed by atoms with van der Waals surface area (Å²) in [6.45, 7) is 4.54. The van der Waals surface area contributed by atoms with Gasteiger partial charge >= 0.3 is 0 Å². The third kappa shape index (κ3) is 3.06. The van der Waals surface area contributed by atoms with Gasteiger partial charge in [0.25, 0.3) is 0 Å². The predicted octanol–water partition coefficient (Wildman–Crippen LogP) is 2.94. The molecule has 1 aromatic heterocycles. The van der Waals surface area contributed by atoms with Gasteiger partial charge in [0.2, 0.25) is 11.8 Å². The Labute approximate surface area is 101 Å². The Balaban J connectivity index is 2.03. The van der Waals surface area contributed by atoms with Crippen LogP contribution in [0.5, 0.6) is 0 Å². The van der Waals surface area contributed by atoms with E-state index in [1.165, 1.54) is 5.56 Å². The van der Waals surface area contributed by atoms with Crippen molar-refractivity contribution in [2.24, 2.45) is 0 Å². The number of nitrogens with zero attached hydrogens (tertiary/aromatic N) is 2. The topological polar surface area (TPSA) is 51.0 Å². The van der Waals surface area contributed by atoms with Crippen LogP contribution in [0.4, 0.5) is 5.69 Å². The molecule has 0 fully saturated rings. The molecule has 1 N–H and O–H groups in total. The molecule has 1 heterocycles. The van der Waals surface area contributed by atoms with Crippen molar-refractivity contribution in [3.05, 3.63) is 41.6 Å². The van der Waals surface area contributed by atoms with E-state index in [9.17, 15) is 0 Å². The lowest BCUT2D eigenvalue weighted by atomic mass is 10.1. The molecule has 0 saturated carbocycles. The third-order valence-electron chi connectivity index (χ3n) is 2.53. The van der Waals surface area contributed by atoms with E-state index in [2.05, 4.69) is 40.6 Å². The lowest BCUT2D eigenvalue weighted by molar-refractivity contribution is 0.474. The van der Waals surface area contributed by atoms with Crippen LogP contribution in [0.3, 0.4) is 0 Å². The molecule has 0 atom stereocenters. The highest BCUT2D eigenvalue weighted by molar-refractivity contribution is 5.51. The van der Waals surface area contributed by atoms with Gasteiger partial charge in [-0.3, -0.25) is 0 Å². The fourth-order valence-electron chi connectivity index (χ4n) is 1.76. The molecule has 0 amide bonds. The Morgan fingerprint density at radius 1 is 1.24 bits per heavy atom. The van der Waals surface area contributed by atoms with Gasteiger partial charge in [0, 0.05) is 12.6 Å². The van der Waals surface area contributed by atoms with Crippen LogP contribution in [0.25, 0.3) is 0 Å². The first-order valence-corrected chi connectivity index (χ1v) is 5.90. The fraction of sp³-hybridized carbons (Fsp3) is 0.385. The minimum absolute atomic E-state index is 0.571. The van der Waals surface area contributed by atoms with E-state index in [0.29, 0.717) is 18.3 Å². The van der Waals surface area contributed by atoms with E-state index in [1.807, 2.05) is 6.07 Å². The van der Waals surface area contributed by atoms with Crippen LogP contribution < -0.4 is 5.32 Å². The van der Waals surface area contributed by atoms with Crippen LogP contribution in [0.2, 0.25) is 0 Å². The zero-order chi connectivity index (χ0) is 12.1. The van der Waals surface area contributed by atoms with Crippen molar-refractivity contribution in [2.45, 2.75) is 33.2 Å². The molecule has 0 aliphatic rings. The second kappa shape index (κ2) is 5.48. The highest BCUT2D eigenvalue weighted by Crippen LogP contribution is 2.17. The molecule has 1 aromatic carbocycles. The SMILES string of the molecule is CCCc1ccccc1NCc1nnc(C)o1. The molecule has 0 aliphatic carbocycles. The molecule has 0 bridgehead atoms. The lowest BCUT2D eigenvalue weighted by Crippen LogP contribution is -2.02. The molecule has 17 heavy (non-hydrogen) atoms. The maximum Gasteiger partial charge on any atom is 0.235 e. The molecule has 0 saturated heterocycles. The Bertz CT molecular complexity index is 479. The Morgan fingerprint density at radius 3 is 2.76 bits per heavy atom. The van der Waals surface area contributed by atoms with Crippen molar-refractivity contribution in [1.82, 2.24) is 10.2 Å². The van der Waals surface area contributed by atoms with E-state index in [-0.39, 0.29) is 0 Å². The van der Waals surface area contributed by atoms with Crippen LogP contribution in [0, 0.1) is 6.92 Å². The van der Waals surface area contributed by atoms with E-state index >= 15 is 0 Å². The largest absolute Gasteiger partial charge is 0.424 e. The summed E-state index contributed by atoms with van der Waals surface area (Å²) in [7, 11) is 0. The van der Waals surface area contributed by atoms with Crippen molar-refractivity contribution < 1.29 is 4.42 Å². The van der Waals surface area contributed by atoms with Gasteiger partial charge in [0.1, 0.15) is 0 Å². The molecule has 2 aromatic rings. The molecular weight excluding hydrogens is 214 g/mol. The van der Waals surface area contributed by atoms with E-state index in [0.717, 1.165) is 18.5 Å². The molecule has 4 heteroatoms. The lowest BCUT2D eigenvalue weighted by Gasteiger charge is -2.09. The molecule has 4 nitrogen and oxygen atoms in total. The number of para-hydroxylation sites is 1. The first kappa shape index (κ1) is 11.6. The van der Waals surface area contributed by atoms with Crippen molar-refractivity contribution in [3.63, 3.8) is 0 Å². The van der Waals surface area contributed by atoms with Gasteiger partial charge < -0.3 is 9.73 Å². The van der Waals surface area contributed by atoms with Crippen molar-refractivity contribution in [1.29, 1.82) is 0 Å². The minimum atomic E-state index is 0.571. The first-order chi connectivity index (χ1) is 8.29. The summed E-state index contributed by atoms with van der Waals surface area (Å²) >= 11 is 0. The maximum absolute atomic E-state index is 5.32. The zero-order valence-corrected chi connectivity index (χ0v) is 10.2. The standard InChI is InChI=1S/C13H17N3O/c1-3-6-11-7-4-5-8-12(11)14-9-13-16-15-10(2)17-13/h4-5,7-8,14H,3,6,9H2,1-2H3. The van der Waals surface area contributed by atoms with Crippen LogP contribution in [-0.4, -0.2) is 10.2 Å². The fourth-order valence-corrected chi connectivity index (χ4v) is 1.76. The molecule has 90 valence electrons. The summed E-state index contributed by atoms with van der Waals surface area (Å²) < 4.78 is 5.32. The van der Waals surface area contributed by atoms with Gasteiger partial charge in [-0.25, -0.2) is 0 Å². The predicted molar refractivity (Wildman–Crippen MR) is 66.8 cm³/mol. The highest BCUT2D eigenvalue weighted by atomic mass is 16.4. The van der Waals surface area contributed by atoms with Crippen molar-refractivity contribution in [3.8, 4) is 0 Å². The van der Waals surface area contributed by atoms with Crippen molar-refractivity contribution in [2.75, 3.05) is 5.32 Å². The molecule has 0 aliphatic heterocycles. The summed E-state index contributed by atoms with van der Waals surface area (Å²) in [5.74, 6) is 1.22. The molecular formula is C13H17N3O. The molecule has 2 rings (SSSR count). The summed E-state index contributed by atoms with van der Waals surface area (Å²) in [4.78, 5) is 0.